The number of carbonyl (C=O) groups is 1. The number of oxazole rings is 1. The van der Waals surface area contributed by atoms with Gasteiger partial charge in [-0.05, 0) is 31.4 Å². The van der Waals surface area contributed by atoms with Gasteiger partial charge in [-0.15, -0.1) is 0 Å². The first-order chi connectivity index (χ1) is 11.7. The summed E-state index contributed by atoms with van der Waals surface area (Å²) in [7, 11) is 0. The van der Waals surface area contributed by atoms with Crippen LogP contribution in [0.5, 0.6) is 0 Å². The second-order valence-electron chi connectivity index (χ2n) is 6.54. The van der Waals surface area contributed by atoms with E-state index < -0.39 is 0 Å². The highest BCUT2D eigenvalue weighted by Gasteiger charge is 2.24. The fourth-order valence-corrected chi connectivity index (χ4v) is 3.42. The molecule has 0 radical (unpaired) electrons. The standard InChI is InChI=1S/C19H27N3O2/c1-3-15(4-2)19(23)22-11-7-10-21(12-13-22)14-18-20-16-8-5-6-9-17(16)24-18/h5-6,8-9,15H,3-4,7,10-14H2,1-2H3. The minimum atomic E-state index is 0.175. The minimum absolute atomic E-state index is 0.175. The number of hydrogen-bond acceptors (Lipinski definition) is 4. The monoisotopic (exact) mass is 329 g/mol. The second kappa shape index (κ2) is 7.79. The first kappa shape index (κ1) is 17.0. The van der Waals surface area contributed by atoms with E-state index in [9.17, 15) is 4.79 Å². The van der Waals surface area contributed by atoms with Crippen LogP contribution < -0.4 is 0 Å². The van der Waals surface area contributed by atoms with Gasteiger partial charge in [0.05, 0.1) is 6.54 Å². The summed E-state index contributed by atoms with van der Waals surface area (Å²) in [6, 6.07) is 7.86. The smallest absolute Gasteiger partial charge is 0.225 e. The molecule has 5 heteroatoms. The molecule has 0 spiro atoms. The molecule has 1 aromatic carbocycles. The zero-order valence-corrected chi connectivity index (χ0v) is 14.7. The molecule has 1 saturated heterocycles. The van der Waals surface area contributed by atoms with Crippen LogP contribution in [0.2, 0.25) is 0 Å². The molecule has 1 aliphatic heterocycles. The van der Waals surface area contributed by atoms with Crippen molar-refractivity contribution in [2.45, 2.75) is 39.7 Å². The number of hydrogen-bond donors (Lipinski definition) is 0. The fraction of sp³-hybridized carbons (Fsp3) is 0.579. The highest BCUT2D eigenvalue weighted by atomic mass is 16.3. The average molecular weight is 329 g/mol. The van der Waals surface area contributed by atoms with E-state index in [1.165, 1.54) is 0 Å². The molecule has 0 atom stereocenters. The van der Waals surface area contributed by atoms with E-state index in [1.54, 1.807) is 0 Å². The van der Waals surface area contributed by atoms with Crippen LogP contribution in [-0.4, -0.2) is 46.9 Å². The summed E-state index contributed by atoms with van der Waals surface area (Å²) in [4.78, 5) is 21.5. The number of carbonyl (C=O) groups excluding carboxylic acids is 1. The molecule has 2 heterocycles. The van der Waals surface area contributed by atoms with Crippen LogP contribution in [0.4, 0.5) is 0 Å². The first-order valence-corrected chi connectivity index (χ1v) is 9.06. The number of aromatic nitrogens is 1. The molecule has 2 aromatic rings. The van der Waals surface area contributed by atoms with E-state index in [1.807, 2.05) is 29.2 Å². The summed E-state index contributed by atoms with van der Waals surface area (Å²) in [6.07, 6.45) is 2.86. The van der Waals surface area contributed by atoms with Gasteiger partial charge in [0.2, 0.25) is 11.8 Å². The van der Waals surface area contributed by atoms with Crippen LogP contribution in [-0.2, 0) is 11.3 Å². The maximum Gasteiger partial charge on any atom is 0.225 e. The molecular formula is C19H27N3O2. The quantitative estimate of drug-likeness (QED) is 0.844. The van der Waals surface area contributed by atoms with Gasteiger partial charge in [-0.3, -0.25) is 9.69 Å². The van der Waals surface area contributed by atoms with Gasteiger partial charge >= 0.3 is 0 Å². The fourth-order valence-electron chi connectivity index (χ4n) is 3.42. The Morgan fingerprint density at radius 3 is 2.71 bits per heavy atom. The van der Waals surface area contributed by atoms with Gasteiger partial charge < -0.3 is 9.32 Å². The number of nitrogens with zero attached hydrogens (tertiary/aromatic N) is 3. The number of amides is 1. The first-order valence-electron chi connectivity index (χ1n) is 9.06. The Morgan fingerprint density at radius 2 is 1.96 bits per heavy atom. The van der Waals surface area contributed by atoms with Crippen molar-refractivity contribution in [3.05, 3.63) is 30.2 Å². The number of para-hydroxylation sites is 2. The van der Waals surface area contributed by atoms with Crippen molar-refractivity contribution in [2.24, 2.45) is 5.92 Å². The minimum Gasteiger partial charge on any atom is -0.439 e. The van der Waals surface area contributed by atoms with Gasteiger partial charge in [0.15, 0.2) is 5.58 Å². The molecule has 0 saturated carbocycles. The Hall–Kier alpha value is -1.88. The molecule has 0 N–H and O–H groups in total. The molecule has 5 nitrogen and oxygen atoms in total. The molecule has 1 fully saturated rings. The Bertz CT molecular complexity index is 645. The van der Waals surface area contributed by atoms with Gasteiger partial charge in [-0.2, -0.15) is 0 Å². The summed E-state index contributed by atoms with van der Waals surface area (Å²) in [5, 5.41) is 0. The molecule has 1 aliphatic rings. The number of rotatable bonds is 5. The molecule has 1 amide bonds. The third kappa shape index (κ3) is 3.78. The molecule has 24 heavy (non-hydrogen) atoms. The van der Waals surface area contributed by atoms with E-state index in [-0.39, 0.29) is 5.92 Å². The van der Waals surface area contributed by atoms with Crippen LogP contribution in [0.3, 0.4) is 0 Å². The SMILES string of the molecule is CCC(CC)C(=O)N1CCCN(Cc2nc3ccccc3o2)CC1. The molecule has 0 bridgehead atoms. The topological polar surface area (TPSA) is 49.6 Å². The van der Waals surface area contributed by atoms with Crippen LogP contribution in [0.1, 0.15) is 39.0 Å². The maximum absolute atomic E-state index is 12.6. The molecule has 130 valence electrons. The lowest BCUT2D eigenvalue weighted by molar-refractivity contribution is -0.135. The van der Waals surface area contributed by atoms with Gasteiger partial charge in [0.1, 0.15) is 5.52 Å². The third-order valence-corrected chi connectivity index (χ3v) is 4.93. The highest BCUT2D eigenvalue weighted by molar-refractivity contribution is 5.78. The zero-order chi connectivity index (χ0) is 16.9. The van der Waals surface area contributed by atoms with Crippen LogP contribution in [0.25, 0.3) is 11.1 Å². The van der Waals surface area contributed by atoms with Gasteiger partial charge in [0.25, 0.3) is 0 Å². The summed E-state index contributed by atoms with van der Waals surface area (Å²) < 4.78 is 5.83. The summed E-state index contributed by atoms with van der Waals surface area (Å²) in [5.41, 5.74) is 1.75. The lowest BCUT2D eigenvalue weighted by atomic mass is 10.0. The van der Waals surface area contributed by atoms with Crippen molar-refractivity contribution < 1.29 is 9.21 Å². The van der Waals surface area contributed by atoms with E-state index in [4.69, 9.17) is 4.42 Å². The predicted molar refractivity (Wildman–Crippen MR) is 94.6 cm³/mol. The van der Waals surface area contributed by atoms with Crippen molar-refractivity contribution in [2.75, 3.05) is 26.2 Å². The third-order valence-electron chi connectivity index (χ3n) is 4.93. The molecule has 3 rings (SSSR count). The summed E-state index contributed by atoms with van der Waals surface area (Å²) in [6.45, 7) is 8.43. The van der Waals surface area contributed by atoms with E-state index in [0.717, 1.165) is 62.4 Å². The number of fused-ring (bicyclic) bond motifs is 1. The molecule has 1 aromatic heterocycles. The van der Waals surface area contributed by atoms with Crippen LogP contribution in [0.15, 0.2) is 28.7 Å². The van der Waals surface area contributed by atoms with Crippen molar-refractivity contribution in [3.8, 4) is 0 Å². The molecule has 0 unspecified atom stereocenters. The number of benzene rings is 1. The van der Waals surface area contributed by atoms with Crippen molar-refractivity contribution in [1.82, 2.24) is 14.8 Å². The predicted octanol–water partition coefficient (Wildman–Crippen LogP) is 3.30. The Morgan fingerprint density at radius 1 is 1.17 bits per heavy atom. The lowest BCUT2D eigenvalue weighted by Gasteiger charge is -2.25. The second-order valence-corrected chi connectivity index (χ2v) is 6.54. The van der Waals surface area contributed by atoms with Gasteiger partial charge in [0, 0.05) is 32.1 Å². The van der Waals surface area contributed by atoms with Crippen LogP contribution in [0, 0.1) is 5.92 Å². The normalized spacial score (nSPS) is 16.7. The van der Waals surface area contributed by atoms with Crippen molar-refractivity contribution in [1.29, 1.82) is 0 Å². The summed E-state index contributed by atoms with van der Waals surface area (Å²) >= 11 is 0. The van der Waals surface area contributed by atoms with Crippen molar-refractivity contribution in [3.63, 3.8) is 0 Å². The van der Waals surface area contributed by atoms with E-state index in [2.05, 4.69) is 23.7 Å². The van der Waals surface area contributed by atoms with Gasteiger partial charge in [-0.25, -0.2) is 4.98 Å². The van der Waals surface area contributed by atoms with Gasteiger partial charge in [-0.1, -0.05) is 26.0 Å². The highest BCUT2D eigenvalue weighted by Crippen LogP contribution is 2.18. The molecular weight excluding hydrogens is 302 g/mol. The largest absolute Gasteiger partial charge is 0.439 e. The summed E-state index contributed by atoms with van der Waals surface area (Å²) in [5.74, 6) is 1.26. The maximum atomic E-state index is 12.6. The Balaban J connectivity index is 1.60. The van der Waals surface area contributed by atoms with Crippen LogP contribution >= 0.6 is 0 Å². The zero-order valence-electron chi connectivity index (χ0n) is 14.7. The van der Waals surface area contributed by atoms with Crippen molar-refractivity contribution >= 4 is 17.0 Å². The Kier molecular flexibility index (Phi) is 5.51. The lowest BCUT2D eigenvalue weighted by Crippen LogP contribution is -2.38. The molecule has 0 aliphatic carbocycles. The average Bonchev–Trinajstić information content (AvgIpc) is 2.86. The van der Waals surface area contributed by atoms with E-state index >= 15 is 0 Å². The van der Waals surface area contributed by atoms with E-state index in [0.29, 0.717) is 12.5 Å². The Labute approximate surface area is 143 Å².